The lowest BCUT2D eigenvalue weighted by Crippen LogP contribution is -2.50. The van der Waals surface area contributed by atoms with Crippen LogP contribution in [0, 0.1) is 0 Å². The Morgan fingerprint density at radius 3 is 2.27 bits per heavy atom. The van der Waals surface area contributed by atoms with Gasteiger partial charge in [-0.05, 0) is 36.8 Å². The van der Waals surface area contributed by atoms with Crippen molar-refractivity contribution >= 4 is 11.8 Å². The standard InChI is InChI=1S/C19H24N4O3/c1-3-4-15-13-17(21-20-15)19(25)23-11-9-22(10-12-23)18(24)14-5-7-16(26-2)8-6-14/h5-8,13H,3-4,9-12H2,1-2H3,(H,20,21). The number of carbonyl (C=O) groups excluding carboxylic acids is 2. The number of hydrogen-bond donors (Lipinski definition) is 1. The van der Waals surface area contributed by atoms with E-state index in [2.05, 4.69) is 17.1 Å². The molecule has 0 unspecified atom stereocenters. The minimum atomic E-state index is -0.0832. The third-order valence-corrected chi connectivity index (χ3v) is 4.56. The molecular formula is C19H24N4O3. The highest BCUT2D eigenvalue weighted by molar-refractivity contribution is 5.95. The molecule has 1 N–H and O–H groups in total. The minimum Gasteiger partial charge on any atom is -0.497 e. The van der Waals surface area contributed by atoms with Gasteiger partial charge in [-0.15, -0.1) is 0 Å². The molecule has 1 aliphatic rings. The normalized spacial score (nSPS) is 14.4. The molecule has 1 aliphatic heterocycles. The Morgan fingerprint density at radius 1 is 1.08 bits per heavy atom. The number of piperazine rings is 1. The van der Waals surface area contributed by atoms with Crippen LogP contribution in [0.3, 0.4) is 0 Å². The molecule has 1 aromatic heterocycles. The summed E-state index contributed by atoms with van der Waals surface area (Å²) in [5.74, 6) is 0.614. The van der Waals surface area contributed by atoms with E-state index < -0.39 is 0 Å². The number of rotatable bonds is 5. The second-order valence-electron chi connectivity index (χ2n) is 6.34. The first-order chi connectivity index (χ1) is 12.6. The van der Waals surface area contributed by atoms with Crippen LogP contribution in [0.4, 0.5) is 0 Å². The molecule has 7 nitrogen and oxygen atoms in total. The van der Waals surface area contributed by atoms with Crippen LogP contribution in [0.25, 0.3) is 0 Å². The van der Waals surface area contributed by atoms with E-state index in [-0.39, 0.29) is 11.8 Å². The Balaban J connectivity index is 1.57. The molecule has 7 heteroatoms. The number of aryl methyl sites for hydroxylation is 1. The number of nitrogens with zero attached hydrogens (tertiary/aromatic N) is 3. The lowest BCUT2D eigenvalue weighted by molar-refractivity contribution is 0.0532. The second-order valence-corrected chi connectivity index (χ2v) is 6.34. The molecule has 0 aliphatic carbocycles. The van der Waals surface area contributed by atoms with Crippen molar-refractivity contribution in [3.8, 4) is 5.75 Å². The number of H-pyrrole nitrogens is 1. The highest BCUT2D eigenvalue weighted by Gasteiger charge is 2.26. The number of ether oxygens (including phenoxy) is 1. The van der Waals surface area contributed by atoms with Crippen molar-refractivity contribution in [3.05, 3.63) is 47.3 Å². The van der Waals surface area contributed by atoms with Gasteiger partial charge in [-0.1, -0.05) is 13.3 Å². The number of aromatic amines is 1. The molecule has 1 aromatic carbocycles. The van der Waals surface area contributed by atoms with E-state index in [0.29, 0.717) is 37.4 Å². The van der Waals surface area contributed by atoms with Gasteiger partial charge < -0.3 is 14.5 Å². The molecule has 0 atom stereocenters. The van der Waals surface area contributed by atoms with Crippen LogP contribution in [0.1, 0.15) is 39.9 Å². The third kappa shape index (κ3) is 3.87. The fraction of sp³-hybridized carbons (Fsp3) is 0.421. The molecule has 26 heavy (non-hydrogen) atoms. The van der Waals surface area contributed by atoms with Crippen molar-refractivity contribution < 1.29 is 14.3 Å². The first-order valence-electron chi connectivity index (χ1n) is 8.89. The Kier molecular flexibility index (Phi) is 5.55. The van der Waals surface area contributed by atoms with E-state index in [1.807, 2.05) is 6.07 Å². The van der Waals surface area contributed by atoms with E-state index in [1.165, 1.54) is 0 Å². The summed E-state index contributed by atoms with van der Waals surface area (Å²) in [6.45, 7) is 4.14. The molecule has 0 saturated carbocycles. The van der Waals surface area contributed by atoms with Gasteiger partial charge in [0.2, 0.25) is 0 Å². The topological polar surface area (TPSA) is 78.5 Å². The zero-order valence-electron chi connectivity index (χ0n) is 15.2. The lowest BCUT2D eigenvalue weighted by atomic mass is 10.1. The Morgan fingerprint density at radius 2 is 1.69 bits per heavy atom. The maximum atomic E-state index is 12.6. The summed E-state index contributed by atoms with van der Waals surface area (Å²) in [5.41, 5.74) is 2.05. The minimum absolute atomic E-state index is 0.0234. The Labute approximate surface area is 152 Å². The number of hydrogen-bond acceptors (Lipinski definition) is 4. The number of carbonyl (C=O) groups is 2. The predicted molar refractivity (Wildman–Crippen MR) is 97.4 cm³/mol. The van der Waals surface area contributed by atoms with E-state index in [1.54, 1.807) is 41.2 Å². The molecule has 2 aromatic rings. The number of methoxy groups -OCH3 is 1. The predicted octanol–water partition coefficient (Wildman–Crippen LogP) is 1.97. The third-order valence-electron chi connectivity index (χ3n) is 4.56. The van der Waals surface area contributed by atoms with E-state index in [0.717, 1.165) is 24.3 Å². The molecule has 2 amide bonds. The summed E-state index contributed by atoms with van der Waals surface area (Å²) in [7, 11) is 1.59. The van der Waals surface area contributed by atoms with Crippen LogP contribution in [-0.2, 0) is 6.42 Å². The monoisotopic (exact) mass is 356 g/mol. The summed E-state index contributed by atoms with van der Waals surface area (Å²) in [4.78, 5) is 28.7. The average molecular weight is 356 g/mol. The molecule has 2 heterocycles. The van der Waals surface area contributed by atoms with Gasteiger partial charge in [-0.3, -0.25) is 14.7 Å². The molecule has 138 valence electrons. The smallest absolute Gasteiger partial charge is 0.274 e. The van der Waals surface area contributed by atoms with E-state index >= 15 is 0 Å². The fourth-order valence-corrected chi connectivity index (χ4v) is 3.06. The molecule has 0 bridgehead atoms. The highest BCUT2D eigenvalue weighted by atomic mass is 16.5. The van der Waals surface area contributed by atoms with Crippen LogP contribution in [-0.4, -0.2) is 65.1 Å². The summed E-state index contributed by atoms with van der Waals surface area (Å²) in [5, 5.41) is 7.03. The molecule has 1 fully saturated rings. The molecule has 1 saturated heterocycles. The molecule has 3 rings (SSSR count). The van der Waals surface area contributed by atoms with E-state index in [9.17, 15) is 9.59 Å². The summed E-state index contributed by atoms with van der Waals surface area (Å²) in [6, 6.07) is 8.90. The zero-order chi connectivity index (χ0) is 18.5. The molecule has 0 spiro atoms. The van der Waals surface area contributed by atoms with E-state index in [4.69, 9.17) is 4.74 Å². The maximum Gasteiger partial charge on any atom is 0.274 e. The number of aromatic nitrogens is 2. The second kappa shape index (κ2) is 8.03. The van der Waals surface area contributed by atoms with Gasteiger partial charge in [-0.2, -0.15) is 5.10 Å². The van der Waals surface area contributed by atoms with Crippen molar-refractivity contribution in [1.29, 1.82) is 0 Å². The fourth-order valence-electron chi connectivity index (χ4n) is 3.06. The Bertz CT molecular complexity index is 761. The number of nitrogens with one attached hydrogen (secondary N) is 1. The lowest BCUT2D eigenvalue weighted by Gasteiger charge is -2.34. The molecular weight excluding hydrogens is 332 g/mol. The maximum absolute atomic E-state index is 12.6. The quantitative estimate of drug-likeness (QED) is 0.888. The molecule has 0 radical (unpaired) electrons. The summed E-state index contributed by atoms with van der Waals surface area (Å²) in [6.07, 6.45) is 1.88. The van der Waals surface area contributed by atoms with Crippen LogP contribution in [0.15, 0.2) is 30.3 Å². The van der Waals surface area contributed by atoms with Crippen molar-refractivity contribution in [2.45, 2.75) is 19.8 Å². The number of amides is 2. The summed E-state index contributed by atoms with van der Waals surface area (Å²) >= 11 is 0. The van der Waals surface area contributed by atoms with Crippen molar-refractivity contribution in [2.24, 2.45) is 0 Å². The van der Waals surface area contributed by atoms with Gasteiger partial charge in [-0.25, -0.2) is 0 Å². The van der Waals surface area contributed by atoms with Gasteiger partial charge in [0.25, 0.3) is 11.8 Å². The van der Waals surface area contributed by atoms with Crippen molar-refractivity contribution in [2.75, 3.05) is 33.3 Å². The average Bonchev–Trinajstić information content (AvgIpc) is 3.16. The first kappa shape index (κ1) is 18.0. The first-order valence-corrected chi connectivity index (χ1v) is 8.89. The Hall–Kier alpha value is -2.83. The van der Waals surface area contributed by atoms with Crippen molar-refractivity contribution in [3.63, 3.8) is 0 Å². The van der Waals surface area contributed by atoms with Gasteiger partial charge in [0.15, 0.2) is 0 Å². The highest BCUT2D eigenvalue weighted by Crippen LogP contribution is 2.15. The van der Waals surface area contributed by atoms with Crippen LogP contribution in [0.5, 0.6) is 5.75 Å². The number of benzene rings is 1. The van der Waals surface area contributed by atoms with Gasteiger partial charge >= 0.3 is 0 Å². The van der Waals surface area contributed by atoms with Crippen LogP contribution < -0.4 is 4.74 Å². The van der Waals surface area contributed by atoms with Crippen molar-refractivity contribution in [1.82, 2.24) is 20.0 Å². The van der Waals surface area contributed by atoms with Gasteiger partial charge in [0.1, 0.15) is 11.4 Å². The van der Waals surface area contributed by atoms with Crippen LogP contribution >= 0.6 is 0 Å². The van der Waals surface area contributed by atoms with Gasteiger partial charge in [0, 0.05) is 37.4 Å². The zero-order valence-corrected chi connectivity index (χ0v) is 15.2. The SMILES string of the molecule is CCCc1cc(C(=O)N2CCN(C(=O)c3ccc(OC)cc3)CC2)n[nH]1. The van der Waals surface area contributed by atoms with Crippen LogP contribution in [0.2, 0.25) is 0 Å². The summed E-state index contributed by atoms with van der Waals surface area (Å²) < 4.78 is 5.12. The largest absolute Gasteiger partial charge is 0.497 e. The van der Waals surface area contributed by atoms with Gasteiger partial charge in [0.05, 0.1) is 7.11 Å².